The number of hydrogen-bond acceptors (Lipinski definition) is 5. The van der Waals surface area contributed by atoms with Crippen LogP contribution in [0.25, 0.3) is 0 Å². The summed E-state index contributed by atoms with van der Waals surface area (Å²) in [4.78, 5) is 8.88. The van der Waals surface area contributed by atoms with Crippen molar-refractivity contribution in [1.29, 1.82) is 0 Å². The van der Waals surface area contributed by atoms with Crippen LogP contribution in [0.4, 0.5) is 11.6 Å². The monoisotopic (exact) mass is 264 g/mol. The first kappa shape index (κ1) is 14.1. The van der Waals surface area contributed by atoms with E-state index in [-0.39, 0.29) is 12.0 Å². The fraction of sp³-hybridized carbons (Fsp3) is 0.714. The largest absolute Gasteiger partial charge is 0.383 e. The van der Waals surface area contributed by atoms with E-state index in [9.17, 15) is 0 Å². The van der Waals surface area contributed by atoms with Crippen molar-refractivity contribution in [3.8, 4) is 0 Å². The van der Waals surface area contributed by atoms with E-state index in [1.165, 1.54) is 12.8 Å². The van der Waals surface area contributed by atoms with Gasteiger partial charge >= 0.3 is 0 Å². The third-order valence-electron chi connectivity index (χ3n) is 3.49. The zero-order chi connectivity index (χ0) is 13.8. The van der Waals surface area contributed by atoms with Crippen molar-refractivity contribution >= 4 is 11.6 Å². The van der Waals surface area contributed by atoms with Gasteiger partial charge in [-0.05, 0) is 26.2 Å². The molecule has 0 aliphatic carbocycles. The van der Waals surface area contributed by atoms with E-state index in [1.54, 1.807) is 0 Å². The van der Waals surface area contributed by atoms with Crippen LogP contribution in [0.5, 0.6) is 0 Å². The number of nitrogens with one attached hydrogen (secondary N) is 1. The lowest BCUT2D eigenvalue weighted by Gasteiger charge is -2.23. The SMILES string of the molecule is Cc1c(N)nc(C(C)C)nc1NCC1CCCCO1. The van der Waals surface area contributed by atoms with E-state index < -0.39 is 0 Å². The highest BCUT2D eigenvalue weighted by Gasteiger charge is 2.16. The summed E-state index contributed by atoms with van der Waals surface area (Å²) in [6.45, 7) is 7.74. The molecular weight excluding hydrogens is 240 g/mol. The van der Waals surface area contributed by atoms with Gasteiger partial charge in [-0.15, -0.1) is 0 Å². The van der Waals surface area contributed by atoms with Gasteiger partial charge in [0.2, 0.25) is 0 Å². The summed E-state index contributed by atoms with van der Waals surface area (Å²) in [5, 5.41) is 3.36. The third kappa shape index (κ3) is 3.56. The lowest BCUT2D eigenvalue weighted by Crippen LogP contribution is -2.27. The molecule has 0 aromatic carbocycles. The molecule has 1 saturated heterocycles. The van der Waals surface area contributed by atoms with Gasteiger partial charge in [0.15, 0.2) is 0 Å². The predicted octanol–water partition coefficient (Wildman–Crippen LogP) is 2.47. The molecule has 5 nitrogen and oxygen atoms in total. The average Bonchev–Trinajstić information content (AvgIpc) is 2.41. The highest BCUT2D eigenvalue weighted by atomic mass is 16.5. The molecule has 1 aromatic heterocycles. The average molecular weight is 264 g/mol. The minimum atomic E-state index is 0.273. The van der Waals surface area contributed by atoms with E-state index in [2.05, 4.69) is 29.1 Å². The lowest BCUT2D eigenvalue weighted by atomic mass is 10.1. The van der Waals surface area contributed by atoms with Crippen molar-refractivity contribution in [1.82, 2.24) is 9.97 Å². The summed E-state index contributed by atoms with van der Waals surface area (Å²) in [5.74, 6) is 2.46. The minimum absolute atomic E-state index is 0.273. The van der Waals surface area contributed by atoms with Crippen molar-refractivity contribution < 1.29 is 4.74 Å². The Morgan fingerprint density at radius 1 is 1.37 bits per heavy atom. The maximum absolute atomic E-state index is 5.95. The second-order valence-electron chi connectivity index (χ2n) is 5.46. The molecule has 5 heteroatoms. The van der Waals surface area contributed by atoms with E-state index in [0.29, 0.717) is 5.82 Å². The lowest BCUT2D eigenvalue weighted by molar-refractivity contribution is 0.0247. The number of nitrogens with two attached hydrogens (primary N) is 1. The highest BCUT2D eigenvalue weighted by Crippen LogP contribution is 2.21. The number of nitrogen functional groups attached to an aromatic ring is 1. The Morgan fingerprint density at radius 3 is 2.79 bits per heavy atom. The Labute approximate surface area is 115 Å². The molecule has 0 amide bonds. The molecule has 0 radical (unpaired) electrons. The summed E-state index contributed by atoms with van der Waals surface area (Å²) in [7, 11) is 0. The van der Waals surface area contributed by atoms with Gasteiger partial charge in [0.1, 0.15) is 17.5 Å². The van der Waals surface area contributed by atoms with Crippen LogP contribution in [-0.2, 0) is 4.74 Å². The Bertz CT molecular complexity index is 428. The molecule has 1 aromatic rings. The topological polar surface area (TPSA) is 73.1 Å². The second-order valence-corrected chi connectivity index (χ2v) is 5.46. The summed E-state index contributed by atoms with van der Waals surface area (Å²) in [5.41, 5.74) is 6.86. The van der Waals surface area contributed by atoms with Crippen LogP contribution in [-0.4, -0.2) is 29.2 Å². The van der Waals surface area contributed by atoms with Gasteiger partial charge in [-0.2, -0.15) is 0 Å². The molecule has 2 rings (SSSR count). The molecule has 2 heterocycles. The molecule has 1 aliphatic heterocycles. The summed E-state index contributed by atoms with van der Waals surface area (Å²) in [6, 6.07) is 0. The van der Waals surface area contributed by atoms with Gasteiger partial charge in [-0.25, -0.2) is 9.97 Å². The van der Waals surface area contributed by atoms with Crippen molar-refractivity contribution in [2.24, 2.45) is 0 Å². The number of aromatic nitrogens is 2. The van der Waals surface area contributed by atoms with Gasteiger partial charge in [0.25, 0.3) is 0 Å². The third-order valence-corrected chi connectivity index (χ3v) is 3.49. The second kappa shape index (κ2) is 6.19. The van der Waals surface area contributed by atoms with Crippen molar-refractivity contribution in [2.75, 3.05) is 24.2 Å². The maximum atomic E-state index is 5.95. The maximum Gasteiger partial charge on any atom is 0.135 e. The van der Waals surface area contributed by atoms with E-state index in [1.807, 2.05) is 6.92 Å². The summed E-state index contributed by atoms with van der Waals surface area (Å²) in [6.07, 6.45) is 3.82. The number of nitrogens with zero attached hydrogens (tertiary/aromatic N) is 2. The quantitative estimate of drug-likeness (QED) is 0.874. The van der Waals surface area contributed by atoms with Crippen LogP contribution in [0.15, 0.2) is 0 Å². The summed E-state index contributed by atoms with van der Waals surface area (Å²) >= 11 is 0. The molecule has 1 aliphatic rings. The number of rotatable bonds is 4. The zero-order valence-electron chi connectivity index (χ0n) is 12.1. The van der Waals surface area contributed by atoms with Crippen LogP contribution < -0.4 is 11.1 Å². The first-order valence-electron chi connectivity index (χ1n) is 7.07. The van der Waals surface area contributed by atoms with E-state index in [0.717, 1.165) is 36.8 Å². The Morgan fingerprint density at radius 2 is 2.16 bits per heavy atom. The molecule has 106 valence electrons. The zero-order valence-corrected chi connectivity index (χ0v) is 12.1. The van der Waals surface area contributed by atoms with Gasteiger partial charge in [0, 0.05) is 24.6 Å². The van der Waals surface area contributed by atoms with Crippen molar-refractivity contribution in [3.05, 3.63) is 11.4 Å². The Balaban J connectivity index is 2.05. The molecule has 0 bridgehead atoms. The van der Waals surface area contributed by atoms with Crippen LogP contribution in [0.3, 0.4) is 0 Å². The first-order chi connectivity index (χ1) is 9.08. The molecule has 1 unspecified atom stereocenters. The number of ether oxygens (including phenoxy) is 1. The van der Waals surface area contributed by atoms with Gasteiger partial charge < -0.3 is 15.8 Å². The summed E-state index contributed by atoms with van der Waals surface area (Å²) < 4.78 is 5.71. The smallest absolute Gasteiger partial charge is 0.135 e. The fourth-order valence-corrected chi connectivity index (χ4v) is 2.16. The molecule has 0 spiro atoms. The van der Waals surface area contributed by atoms with Crippen LogP contribution >= 0.6 is 0 Å². The predicted molar refractivity (Wildman–Crippen MR) is 77.4 cm³/mol. The van der Waals surface area contributed by atoms with Crippen LogP contribution in [0, 0.1) is 6.92 Å². The molecule has 1 fully saturated rings. The molecule has 3 N–H and O–H groups in total. The number of anilines is 2. The molecular formula is C14H24N4O. The molecule has 0 saturated carbocycles. The number of hydrogen-bond donors (Lipinski definition) is 2. The van der Waals surface area contributed by atoms with Crippen molar-refractivity contribution in [3.63, 3.8) is 0 Å². The fourth-order valence-electron chi connectivity index (χ4n) is 2.16. The first-order valence-corrected chi connectivity index (χ1v) is 7.07. The van der Waals surface area contributed by atoms with E-state index >= 15 is 0 Å². The standard InChI is InChI=1S/C14H24N4O/c1-9(2)13-17-12(15)10(3)14(18-13)16-8-11-6-4-5-7-19-11/h9,11H,4-8H2,1-3H3,(H3,15,16,17,18). The Kier molecular flexibility index (Phi) is 4.58. The molecule has 19 heavy (non-hydrogen) atoms. The Hall–Kier alpha value is -1.36. The van der Waals surface area contributed by atoms with Crippen molar-refractivity contribution in [2.45, 2.75) is 52.1 Å². The van der Waals surface area contributed by atoms with Gasteiger partial charge in [-0.1, -0.05) is 13.8 Å². The highest BCUT2D eigenvalue weighted by molar-refractivity contribution is 5.55. The minimum Gasteiger partial charge on any atom is -0.383 e. The van der Waals surface area contributed by atoms with Gasteiger partial charge in [-0.3, -0.25) is 0 Å². The van der Waals surface area contributed by atoms with Crippen LogP contribution in [0.1, 0.15) is 50.4 Å². The normalized spacial score (nSPS) is 19.7. The molecule has 1 atom stereocenters. The van der Waals surface area contributed by atoms with Crippen LogP contribution in [0.2, 0.25) is 0 Å². The van der Waals surface area contributed by atoms with Gasteiger partial charge in [0.05, 0.1) is 6.10 Å². The van der Waals surface area contributed by atoms with E-state index in [4.69, 9.17) is 10.5 Å².